The molecule has 108 valence electrons. The largest absolute Gasteiger partial charge is 0.494 e. The van der Waals surface area contributed by atoms with Gasteiger partial charge in [-0.15, -0.1) is 12.4 Å². The number of halogens is 1. The first kappa shape index (κ1) is 17.7. The molecule has 1 aromatic rings. The van der Waals surface area contributed by atoms with Crippen LogP contribution in [0.3, 0.4) is 0 Å². The van der Waals surface area contributed by atoms with Gasteiger partial charge in [0.2, 0.25) is 5.91 Å². The van der Waals surface area contributed by atoms with E-state index in [9.17, 15) is 4.79 Å². The van der Waals surface area contributed by atoms with Gasteiger partial charge < -0.3 is 15.4 Å². The van der Waals surface area contributed by atoms with Crippen LogP contribution in [0.4, 0.5) is 0 Å². The number of benzene rings is 1. The first-order chi connectivity index (χ1) is 8.77. The molecule has 0 aromatic heterocycles. The second-order valence-electron chi connectivity index (χ2n) is 4.02. The van der Waals surface area contributed by atoms with E-state index in [0.29, 0.717) is 19.6 Å². The van der Waals surface area contributed by atoms with Crippen molar-refractivity contribution in [1.29, 1.82) is 0 Å². The van der Waals surface area contributed by atoms with E-state index in [1.807, 2.05) is 38.2 Å². The van der Waals surface area contributed by atoms with Crippen LogP contribution in [0.5, 0.6) is 5.75 Å². The summed E-state index contributed by atoms with van der Waals surface area (Å²) in [5.41, 5.74) is 1.02. The molecule has 0 radical (unpaired) electrons. The summed E-state index contributed by atoms with van der Waals surface area (Å²) in [6.07, 6.45) is 1.41. The van der Waals surface area contributed by atoms with Crippen LogP contribution < -0.4 is 15.4 Å². The maximum atomic E-state index is 11.6. The van der Waals surface area contributed by atoms with Crippen LogP contribution in [0.25, 0.3) is 0 Å². The summed E-state index contributed by atoms with van der Waals surface area (Å²) in [7, 11) is 1.89. The van der Waals surface area contributed by atoms with E-state index in [4.69, 9.17) is 4.74 Å². The summed E-state index contributed by atoms with van der Waals surface area (Å²) in [5, 5.41) is 5.93. The molecule has 2 N–H and O–H groups in total. The number of rotatable bonds is 8. The lowest BCUT2D eigenvalue weighted by molar-refractivity contribution is -0.121. The van der Waals surface area contributed by atoms with Crippen molar-refractivity contribution < 1.29 is 9.53 Å². The summed E-state index contributed by atoms with van der Waals surface area (Å²) in [6.45, 7) is 3.97. The molecule has 1 rings (SSSR count). The lowest BCUT2D eigenvalue weighted by Gasteiger charge is -2.10. The Labute approximate surface area is 121 Å². The Hall–Kier alpha value is -1.26. The van der Waals surface area contributed by atoms with Gasteiger partial charge in [0.25, 0.3) is 0 Å². The molecular weight excluding hydrogens is 264 g/mol. The SMILES string of the molecule is CCOc1ccccc1CNC(=O)CCCNC.Cl. The zero-order chi connectivity index (χ0) is 13.2. The van der Waals surface area contributed by atoms with Crippen LogP contribution >= 0.6 is 12.4 Å². The highest BCUT2D eigenvalue weighted by Gasteiger charge is 2.04. The fourth-order valence-corrected chi connectivity index (χ4v) is 1.65. The Morgan fingerprint density at radius 1 is 1.32 bits per heavy atom. The number of carbonyl (C=O) groups excluding carboxylic acids is 1. The minimum Gasteiger partial charge on any atom is -0.494 e. The molecule has 5 heteroatoms. The van der Waals surface area contributed by atoms with Crippen molar-refractivity contribution in [2.45, 2.75) is 26.3 Å². The third-order valence-corrected chi connectivity index (χ3v) is 2.58. The van der Waals surface area contributed by atoms with Crippen LogP contribution in [0, 0.1) is 0 Å². The fraction of sp³-hybridized carbons (Fsp3) is 0.500. The highest BCUT2D eigenvalue weighted by Crippen LogP contribution is 2.17. The summed E-state index contributed by atoms with van der Waals surface area (Å²) < 4.78 is 5.51. The highest BCUT2D eigenvalue weighted by atomic mass is 35.5. The molecule has 4 nitrogen and oxygen atoms in total. The Balaban J connectivity index is 0.00000324. The molecule has 0 atom stereocenters. The van der Waals surface area contributed by atoms with Crippen molar-refractivity contribution in [3.05, 3.63) is 29.8 Å². The molecule has 0 saturated carbocycles. The number of ether oxygens (including phenoxy) is 1. The lowest BCUT2D eigenvalue weighted by atomic mass is 10.2. The number of hydrogen-bond acceptors (Lipinski definition) is 3. The van der Waals surface area contributed by atoms with Crippen LogP contribution in [-0.4, -0.2) is 26.1 Å². The van der Waals surface area contributed by atoms with Crippen molar-refractivity contribution in [3.63, 3.8) is 0 Å². The smallest absolute Gasteiger partial charge is 0.220 e. The van der Waals surface area contributed by atoms with E-state index in [0.717, 1.165) is 24.3 Å². The minimum absolute atomic E-state index is 0. The summed E-state index contributed by atoms with van der Waals surface area (Å²) in [5.74, 6) is 0.923. The normalized spacial score (nSPS) is 9.58. The maximum Gasteiger partial charge on any atom is 0.220 e. The Kier molecular flexibility index (Phi) is 9.94. The molecule has 1 amide bonds. The molecule has 0 aliphatic carbocycles. The van der Waals surface area contributed by atoms with Gasteiger partial charge in [-0.05, 0) is 33.0 Å². The van der Waals surface area contributed by atoms with Crippen molar-refractivity contribution >= 4 is 18.3 Å². The molecule has 0 fully saturated rings. The second kappa shape index (κ2) is 10.6. The van der Waals surface area contributed by atoms with Crippen LogP contribution in [-0.2, 0) is 11.3 Å². The quantitative estimate of drug-likeness (QED) is 0.720. The number of hydrogen-bond donors (Lipinski definition) is 2. The average Bonchev–Trinajstić information content (AvgIpc) is 2.38. The van der Waals surface area contributed by atoms with Crippen molar-refractivity contribution in [2.75, 3.05) is 20.2 Å². The number of amides is 1. The van der Waals surface area contributed by atoms with Gasteiger partial charge in [0.15, 0.2) is 0 Å². The van der Waals surface area contributed by atoms with Crippen molar-refractivity contribution in [3.8, 4) is 5.75 Å². The van der Waals surface area contributed by atoms with E-state index in [2.05, 4.69) is 10.6 Å². The molecular formula is C14H23ClN2O2. The van der Waals surface area contributed by atoms with Crippen LogP contribution in [0.15, 0.2) is 24.3 Å². The first-order valence-corrected chi connectivity index (χ1v) is 6.40. The van der Waals surface area contributed by atoms with Crippen LogP contribution in [0.2, 0.25) is 0 Å². The lowest BCUT2D eigenvalue weighted by Crippen LogP contribution is -2.24. The van der Waals surface area contributed by atoms with E-state index in [-0.39, 0.29) is 18.3 Å². The van der Waals surface area contributed by atoms with E-state index in [1.165, 1.54) is 0 Å². The molecule has 0 unspecified atom stereocenters. The molecule has 0 aliphatic rings. The zero-order valence-corrected chi connectivity index (χ0v) is 12.4. The molecule has 0 saturated heterocycles. The third kappa shape index (κ3) is 7.03. The topological polar surface area (TPSA) is 50.4 Å². The van der Waals surface area contributed by atoms with Gasteiger partial charge in [0.1, 0.15) is 5.75 Å². The number of carbonyl (C=O) groups is 1. The number of nitrogens with one attached hydrogen (secondary N) is 2. The van der Waals surface area contributed by atoms with E-state index < -0.39 is 0 Å². The third-order valence-electron chi connectivity index (χ3n) is 2.58. The Morgan fingerprint density at radius 3 is 2.74 bits per heavy atom. The molecule has 1 aromatic carbocycles. The average molecular weight is 287 g/mol. The fourth-order valence-electron chi connectivity index (χ4n) is 1.65. The van der Waals surface area contributed by atoms with Gasteiger partial charge >= 0.3 is 0 Å². The van der Waals surface area contributed by atoms with Crippen molar-refractivity contribution in [2.24, 2.45) is 0 Å². The van der Waals surface area contributed by atoms with Gasteiger partial charge in [-0.1, -0.05) is 18.2 Å². The molecule has 0 heterocycles. The standard InChI is InChI=1S/C14H22N2O2.ClH/c1-3-18-13-8-5-4-7-12(13)11-16-14(17)9-6-10-15-2;/h4-5,7-8,15H,3,6,9-11H2,1-2H3,(H,16,17);1H. The molecule has 19 heavy (non-hydrogen) atoms. The van der Waals surface area contributed by atoms with Gasteiger partial charge in [0.05, 0.1) is 6.61 Å². The molecule has 0 bridgehead atoms. The predicted octanol–water partition coefficient (Wildman–Crippen LogP) is 2.12. The zero-order valence-electron chi connectivity index (χ0n) is 11.6. The summed E-state index contributed by atoms with van der Waals surface area (Å²) in [4.78, 5) is 11.6. The molecule has 0 spiro atoms. The maximum absolute atomic E-state index is 11.6. The molecule has 0 aliphatic heterocycles. The van der Waals surface area contributed by atoms with E-state index >= 15 is 0 Å². The van der Waals surface area contributed by atoms with Gasteiger partial charge in [0, 0.05) is 18.5 Å². The summed E-state index contributed by atoms with van der Waals surface area (Å²) >= 11 is 0. The minimum atomic E-state index is 0. The highest BCUT2D eigenvalue weighted by molar-refractivity contribution is 5.85. The Bertz CT molecular complexity index is 372. The van der Waals surface area contributed by atoms with Gasteiger partial charge in [-0.25, -0.2) is 0 Å². The van der Waals surface area contributed by atoms with Gasteiger partial charge in [-0.2, -0.15) is 0 Å². The van der Waals surface area contributed by atoms with Crippen molar-refractivity contribution in [1.82, 2.24) is 10.6 Å². The first-order valence-electron chi connectivity index (χ1n) is 6.40. The Morgan fingerprint density at radius 2 is 2.05 bits per heavy atom. The van der Waals surface area contributed by atoms with E-state index in [1.54, 1.807) is 0 Å². The van der Waals surface area contributed by atoms with Gasteiger partial charge in [-0.3, -0.25) is 4.79 Å². The predicted molar refractivity (Wildman–Crippen MR) is 79.9 cm³/mol. The second-order valence-corrected chi connectivity index (χ2v) is 4.02. The summed E-state index contributed by atoms with van der Waals surface area (Å²) in [6, 6.07) is 7.78. The van der Waals surface area contributed by atoms with Crippen LogP contribution in [0.1, 0.15) is 25.3 Å². The number of para-hydroxylation sites is 1. The monoisotopic (exact) mass is 286 g/mol.